The standard InChI is InChI=1S/C19H22ClN3O2/c1-11(2)18(10-21)25-19(24)9-16-13(4)22-23(14(16)5)15-7-6-12(3)17(20)8-15/h6-8,11,18H,9H2,1-5H3. The number of nitriles is 1. The Morgan fingerprint density at radius 1 is 1.36 bits per heavy atom. The van der Waals surface area contributed by atoms with Crippen LogP contribution >= 0.6 is 11.6 Å². The van der Waals surface area contributed by atoms with Crippen LogP contribution in [0.2, 0.25) is 5.02 Å². The second kappa shape index (κ2) is 7.71. The first-order chi connectivity index (χ1) is 11.7. The lowest BCUT2D eigenvalue weighted by Crippen LogP contribution is -2.23. The molecule has 2 rings (SSSR count). The number of benzene rings is 1. The van der Waals surface area contributed by atoms with E-state index in [0.29, 0.717) is 5.02 Å². The quantitative estimate of drug-likeness (QED) is 0.754. The summed E-state index contributed by atoms with van der Waals surface area (Å²) in [5.74, 6) is -0.471. The second-order valence-corrected chi connectivity index (χ2v) is 6.86. The Morgan fingerprint density at radius 3 is 2.60 bits per heavy atom. The van der Waals surface area contributed by atoms with Gasteiger partial charge in [0.25, 0.3) is 0 Å². The van der Waals surface area contributed by atoms with Crippen molar-refractivity contribution in [1.29, 1.82) is 5.26 Å². The average molecular weight is 360 g/mol. The summed E-state index contributed by atoms with van der Waals surface area (Å²) in [6, 6.07) is 7.73. The number of aryl methyl sites for hydroxylation is 2. The molecular formula is C19H22ClN3O2. The van der Waals surface area contributed by atoms with Crippen LogP contribution < -0.4 is 0 Å². The predicted molar refractivity (Wildman–Crippen MR) is 96.8 cm³/mol. The topological polar surface area (TPSA) is 67.9 Å². The number of aromatic nitrogens is 2. The molecule has 0 bridgehead atoms. The number of carbonyl (C=O) groups is 1. The third-order valence-corrected chi connectivity index (χ3v) is 4.56. The van der Waals surface area contributed by atoms with Crippen LogP contribution in [-0.2, 0) is 16.0 Å². The molecule has 0 saturated carbocycles. The zero-order valence-corrected chi connectivity index (χ0v) is 15.9. The summed E-state index contributed by atoms with van der Waals surface area (Å²) in [6.07, 6.45) is -0.652. The van der Waals surface area contributed by atoms with Gasteiger partial charge in [0.15, 0.2) is 6.10 Å². The van der Waals surface area contributed by atoms with Gasteiger partial charge in [-0.2, -0.15) is 10.4 Å². The number of hydrogen-bond acceptors (Lipinski definition) is 4. The molecule has 5 nitrogen and oxygen atoms in total. The molecule has 0 fully saturated rings. The van der Waals surface area contributed by atoms with Crippen LogP contribution in [0.4, 0.5) is 0 Å². The van der Waals surface area contributed by atoms with E-state index < -0.39 is 12.1 Å². The van der Waals surface area contributed by atoms with Crippen molar-refractivity contribution in [3.8, 4) is 11.8 Å². The number of esters is 1. The Kier molecular flexibility index (Phi) is 5.86. The second-order valence-electron chi connectivity index (χ2n) is 6.46. The Labute approximate surface area is 153 Å². The minimum absolute atomic E-state index is 0.0476. The van der Waals surface area contributed by atoms with Crippen molar-refractivity contribution in [3.63, 3.8) is 0 Å². The van der Waals surface area contributed by atoms with Crippen molar-refractivity contribution in [2.45, 2.75) is 47.1 Å². The van der Waals surface area contributed by atoms with Crippen LogP contribution in [0, 0.1) is 38.0 Å². The maximum absolute atomic E-state index is 12.2. The van der Waals surface area contributed by atoms with Crippen molar-refractivity contribution in [3.05, 3.63) is 45.7 Å². The van der Waals surface area contributed by atoms with Gasteiger partial charge in [-0.05, 0) is 38.5 Å². The van der Waals surface area contributed by atoms with E-state index in [4.69, 9.17) is 21.6 Å². The molecule has 1 aromatic heterocycles. The van der Waals surface area contributed by atoms with Crippen LogP contribution in [0.1, 0.15) is 36.4 Å². The Hall–Kier alpha value is -2.32. The molecule has 0 aliphatic carbocycles. The summed E-state index contributed by atoms with van der Waals surface area (Å²) in [5.41, 5.74) is 4.25. The molecule has 1 heterocycles. The van der Waals surface area contributed by atoms with Gasteiger partial charge in [0, 0.05) is 22.2 Å². The summed E-state index contributed by atoms with van der Waals surface area (Å²) in [5, 5.41) is 14.3. The van der Waals surface area contributed by atoms with Gasteiger partial charge in [0.05, 0.1) is 17.8 Å². The van der Waals surface area contributed by atoms with E-state index in [-0.39, 0.29) is 12.3 Å². The molecule has 0 spiro atoms. The van der Waals surface area contributed by atoms with Gasteiger partial charge in [0.1, 0.15) is 6.07 Å². The van der Waals surface area contributed by atoms with Crippen LogP contribution in [0.25, 0.3) is 5.69 Å². The first-order valence-electron chi connectivity index (χ1n) is 8.15. The highest BCUT2D eigenvalue weighted by molar-refractivity contribution is 6.31. The van der Waals surface area contributed by atoms with Crippen molar-refractivity contribution < 1.29 is 9.53 Å². The Morgan fingerprint density at radius 2 is 2.04 bits per heavy atom. The normalized spacial score (nSPS) is 12.1. The lowest BCUT2D eigenvalue weighted by atomic mass is 10.1. The van der Waals surface area contributed by atoms with E-state index in [1.165, 1.54) is 0 Å². The summed E-state index contributed by atoms with van der Waals surface area (Å²) in [7, 11) is 0. The van der Waals surface area contributed by atoms with Gasteiger partial charge in [-0.15, -0.1) is 0 Å². The zero-order valence-electron chi connectivity index (χ0n) is 15.1. The largest absolute Gasteiger partial charge is 0.446 e. The maximum Gasteiger partial charge on any atom is 0.311 e. The molecule has 0 aliphatic heterocycles. The van der Waals surface area contributed by atoms with Gasteiger partial charge in [-0.1, -0.05) is 31.5 Å². The number of hydrogen-bond donors (Lipinski definition) is 0. The molecule has 25 heavy (non-hydrogen) atoms. The van der Waals surface area contributed by atoms with Gasteiger partial charge in [-0.25, -0.2) is 4.68 Å². The first kappa shape index (κ1) is 19.0. The van der Waals surface area contributed by atoms with E-state index in [0.717, 1.165) is 28.2 Å². The zero-order chi connectivity index (χ0) is 18.7. The van der Waals surface area contributed by atoms with Gasteiger partial charge in [0.2, 0.25) is 0 Å². The number of nitrogens with zero attached hydrogens (tertiary/aromatic N) is 3. The van der Waals surface area contributed by atoms with Gasteiger partial charge >= 0.3 is 5.97 Å². The van der Waals surface area contributed by atoms with Gasteiger partial charge < -0.3 is 4.74 Å². The fourth-order valence-electron chi connectivity index (χ4n) is 2.53. The third kappa shape index (κ3) is 4.21. The summed E-state index contributed by atoms with van der Waals surface area (Å²) in [6.45, 7) is 9.38. The smallest absolute Gasteiger partial charge is 0.311 e. The lowest BCUT2D eigenvalue weighted by Gasteiger charge is -2.14. The van der Waals surface area contributed by atoms with E-state index in [1.54, 1.807) is 4.68 Å². The Balaban J connectivity index is 2.26. The van der Waals surface area contributed by atoms with Crippen LogP contribution in [0.15, 0.2) is 18.2 Å². The number of ether oxygens (including phenoxy) is 1. The van der Waals surface area contributed by atoms with Crippen molar-refractivity contribution >= 4 is 17.6 Å². The van der Waals surface area contributed by atoms with Crippen molar-refractivity contribution in [1.82, 2.24) is 9.78 Å². The van der Waals surface area contributed by atoms with E-state index in [9.17, 15) is 4.79 Å². The summed E-state index contributed by atoms with van der Waals surface area (Å²) in [4.78, 5) is 12.2. The number of halogens is 1. The molecule has 2 aromatic rings. The lowest BCUT2D eigenvalue weighted by molar-refractivity contribution is -0.147. The number of rotatable bonds is 5. The minimum atomic E-state index is -0.737. The average Bonchev–Trinajstić information content (AvgIpc) is 2.83. The summed E-state index contributed by atoms with van der Waals surface area (Å²) < 4.78 is 7.04. The molecule has 6 heteroatoms. The predicted octanol–water partition coefficient (Wildman–Crippen LogP) is 4.08. The SMILES string of the molecule is Cc1ccc(-n2nc(C)c(CC(=O)OC(C#N)C(C)C)c2C)cc1Cl. The molecule has 0 N–H and O–H groups in total. The maximum atomic E-state index is 12.2. The molecular weight excluding hydrogens is 338 g/mol. The molecule has 1 atom stereocenters. The van der Waals surface area contributed by atoms with Crippen molar-refractivity contribution in [2.75, 3.05) is 0 Å². The fourth-order valence-corrected chi connectivity index (χ4v) is 2.71. The highest BCUT2D eigenvalue weighted by atomic mass is 35.5. The van der Waals surface area contributed by atoms with E-state index in [1.807, 2.05) is 58.9 Å². The van der Waals surface area contributed by atoms with Crippen LogP contribution in [0.5, 0.6) is 0 Å². The molecule has 1 aromatic carbocycles. The van der Waals surface area contributed by atoms with E-state index >= 15 is 0 Å². The molecule has 0 amide bonds. The first-order valence-corrected chi connectivity index (χ1v) is 8.53. The molecule has 1 unspecified atom stereocenters. The van der Waals surface area contributed by atoms with Crippen molar-refractivity contribution in [2.24, 2.45) is 5.92 Å². The Bertz CT molecular complexity index is 834. The summed E-state index contributed by atoms with van der Waals surface area (Å²) >= 11 is 6.20. The fraction of sp³-hybridized carbons (Fsp3) is 0.421. The van der Waals surface area contributed by atoms with Gasteiger partial charge in [-0.3, -0.25) is 4.79 Å². The van der Waals surface area contributed by atoms with Crippen LogP contribution in [-0.4, -0.2) is 21.9 Å². The molecule has 0 saturated heterocycles. The highest BCUT2D eigenvalue weighted by Gasteiger charge is 2.21. The number of carbonyl (C=O) groups excluding carboxylic acids is 1. The molecule has 132 valence electrons. The molecule has 0 radical (unpaired) electrons. The molecule has 0 aliphatic rings. The van der Waals surface area contributed by atoms with Crippen LogP contribution in [0.3, 0.4) is 0 Å². The van der Waals surface area contributed by atoms with E-state index in [2.05, 4.69) is 5.10 Å². The minimum Gasteiger partial charge on any atom is -0.446 e. The monoisotopic (exact) mass is 359 g/mol. The third-order valence-electron chi connectivity index (χ3n) is 4.15. The highest BCUT2D eigenvalue weighted by Crippen LogP contribution is 2.23.